The zero-order chi connectivity index (χ0) is 14.5. The van der Waals surface area contributed by atoms with E-state index >= 15 is 0 Å². The highest BCUT2D eigenvalue weighted by Crippen LogP contribution is 2.27. The number of amides is 1. The largest absolute Gasteiger partial charge is 0.344 e. The van der Waals surface area contributed by atoms with Gasteiger partial charge in [0.15, 0.2) is 0 Å². The number of hydrogen-bond acceptors (Lipinski definition) is 3. The zero-order valence-electron chi connectivity index (χ0n) is 11.4. The Labute approximate surface area is 127 Å². The van der Waals surface area contributed by atoms with Gasteiger partial charge in [-0.25, -0.2) is 4.79 Å². The summed E-state index contributed by atoms with van der Waals surface area (Å²) in [5.41, 5.74) is 0. The SMILES string of the molecule is CCN(CC)C(=O)n1ccc(Sc2cccc(Cl)c2)n1. The van der Waals surface area contributed by atoms with E-state index in [9.17, 15) is 4.79 Å². The van der Waals surface area contributed by atoms with Gasteiger partial charge in [0.25, 0.3) is 0 Å². The summed E-state index contributed by atoms with van der Waals surface area (Å²) in [7, 11) is 0. The molecule has 2 aromatic rings. The highest BCUT2D eigenvalue weighted by Gasteiger charge is 2.13. The van der Waals surface area contributed by atoms with Crippen molar-refractivity contribution in [2.24, 2.45) is 0 Å². The number of nitrogens with zero attached hydrogens (tertiary/aromatic N) is 3. The van der Waals surface area contributed by atoms with E-state index in [-0.39, 0.29) is 6.03 Å². The lowest BCUT2D eigenvalue weighted by Gasteiger charge is -2.17. The Balaban J connectivity index is 2.11. The van der Waals surface area contributed by atoms with Gasteiger partial charge in [-0.05, 0) is 38.1 Å². The van der Waals surface area contributed by atoms with Crippen LogP contribution in [0.4, 0.5) is 4.79 Å². The maximum atomic E-state index is 12.1. The van der Waals surface area contributed by atoms with Crippen LogP contribution >= 0.6 is 23.4 Å². The van der Waals surface area contributed by atoms with Crippen molar-refractivity contribution in [3.05, 3.63) is 41.6 Å². The molecule has 20 heavy (non-hydrogen) atoms. The van der Waals surface area contributed by atoms with E-state index in [4.69, 9.17) is 11.6 Å². The third kappa shape index (κ3) is 3.55. The van der Waals surface area contributed by atoms with Crippen molar-refractivity contribution < 1.29 is 4.79 Å². The third-order valence-electron chi connectivity index (χ3n) is 2.81. The third-order valence-corrected chi connectivity index (χ3v) is 3.96. The molecule has 0 aliphatic rings. The normalized spacial score (nSPS) is 10.6. The van der Waals surface area contributed by atoms with Crippen LogP contribution < -0.4 is 0 Å². The summed E-state index contributed by atoms with van der Waals surface area (Å²) in [4.78, 5) is 14.8. The molecular weight excluding hydrogens is 294 g/mol. The fourth-order valence-electron chi connectivity index (χ4n) is 1.76. The molecule has 106 valence electrons. The second-order valence-corrected chi connectivity index (χ2v) is 5.64. The molecule has 0 radical (unpaired) electrons. The second-order valence-electron chi connectivity index (χ2n) is 4.11. The van der Waals surface area contributed by atoms with E-state index in [1.54, 1.807) is 11.1 Å². The standard InChI is InChI=1S/C14H16ClN3OS/c1-3-17(4-2)14(19)18-9-8-13(16-18)20-12-7-5-6-11(15)10-12/h5-10H,3-4H2,1-2H3. The minimum absolute atomic E-state index is 0.104. The Morgan fingerprint density at radius 2 is 2.10 bits per heavy atom. The number of rotatable bonds is 4. The average Bonchev–Trinajstić information content (AvgIpc) is 2.88. The molecule has 0 N–H and O–H groups in total. The predicted octanol–water partition coefficient (Wildman–Crippen LogP) is 4.00. The first kappa shape index (κ1) is 14.9. The number of aromatic nitrogens is 2. The summed E-state index contributed by atoms with van der Waals surface area (Å²) in [6.45, 7) is 5.25. The molecule has 0 aliphatic heterocycles. The molecule has 4 nitrogen and oxygen atoms in total. The van der Waals surface area contributed by atoms with E-state index in [2.05, 4.69) is 5.10 Å². The predicted molar refractivity (Wildman–Crippen MR) is 81.5 cm³/mol. The number of halogens is 1. The van der Waals surface area contributed by atoms with E-state index in [1.807, 2.05) is 44.2 Å². The Morgan fingerprint density at radius 1 is 1.35 bits per heavy atom. The lowest BCUT2D eigenvalue weighted by molar-refractivity contribution is 0.201. The fourth-order valence-corrected chi connectivity index (χ4v) is 2.85. The first-order valence-corrected chi connectivity index (χ1v) is 7.61. The molecule has 2 rings (SSSR count). The van der Waals surface area contributed by atoms with Crippen LogP contribution in [0.2, 0.25) is 5.02 Å². The van der Waals surface area contributed by atoms with Gasteiger partial charge in [-0.3, -0.25) is 0 Å². The number of carbonyl (C=O) groups excluding carboxylic acids is 1. The monoisotopic (exact) mass is 309 g/mol. The Kier molecular flexibility index (Phi) is 5.09. The van der Waals surface area contributed by atoms with Gasteiger partial charge in [-0.15, -0.1) is 0 Å². The first-order valence-electron chi connectivity index (χ1n) is 6.42. The summed E-state index contributed by atoms with van der Waals surface area (Å²) in [6, 6.07) is 9.27. The van der Waals surface area contributed by atoms with Gasteiger partial charge in [0.1, 0.15) is 5.03 Å². The summed E-state index contributed by atoms with van der Waals surface area (Å²) < 4.78 is 1.37. The van der Waals surface area contributed by atoms with Crippen LogP contribution in [0.25, 0.3) is 0 Å². The molecule has 1 heterocycles. The van der Waals surface area contributed by atoms with Crippen LogP contribution in [0.1, 0.15) is 13.8 Å². The molecule has 0 saturated heterocycles. The summed E-state index contributed by atoms with van der Waals surface area (Å²) >= 11 is 7.43. The zero-order valence-corrected chi connectivity index (χ0v) is 13.0. The Morgan fingerprint density at radius 3 is 2.75 bits per heavy atom. The van der Waals surface area contributed by atoms with Crippen molar-refractivity contribution in [3.8, 4) is 0 Å². The quantitative estimate of drug-likeness (QED) is 0.857. The van der Waals surface area contributed by atoms with E-state index < -0.39 is 0 Å². The highest BCUT2D eigenvalue weighted by atomic mass is 35.5. The lowest BCUT2D eigenvalue weighted by Crippen LogP contribution is -2.34. The number of carbonyl (C=O) groups is 1. The molecule has 0 spiro atoms. The molecule has 1 amide bonds. The topological polar surface area (TPSA) is 38.1 Å². The van der Waals surface area contributed by atoms with E-state index in [1.165, 1.54) is 16.4 Å². The molecule has 0 aliphatic carbocycles. The van der Waals surface area contributed by atoms with Crippen LogP contribution in [-0.2, 0) is 0 Å². The Hall–Kier alpha value is -1.46. The molecule has 0 fully saturated rings. The van der Waals surface area contributed by atoms with Crippen molar-refractivity contribution in [1.29, 1.82) is 0 Å². The van der Waals surface area contributed by atoms with Crippen LogP contribution in [0.5, 0.6) is 0 Å². The summed E-state index contributed by atoms with van der Waals surface area (Å²) in [5, 5.41) is 5.76. The van der Waals surface area contributed by atoms with Crippen LogP contribution in [-0.4, -0.2) is 33.8 Å². The van der Waals surface area contributed by atoms with Gasteiger partial charge in [0.2, 0.25) is 0 Å². The highest BCUT2D eigenvalue weighted by molar-refractivity contribution is 7.99. The summed E-state index contributed by atoms with van der Waals surface area (Å²) in [5.74, 6) is 0. The average molecular weight is 310 g/mol. The van der Waals surface area contributed by atoms with E-state index in [0.717, 1.165) is 9.92 Å². The molecule has 6 heteroatoms. The molecule has 0 atom stereocenters. The van der Waals surface area contributed by atoms with Gasteiger partial charge in [0.05, 0.1) is 0 Å². The minimum atomic E-state index is -0.104. The number of benzene rings is 1. The van der Waals surface area contributed by atoms with Crippen molar-refractivity contribution in [3.63, 3.8) is 0 Å². The van der Waals surface area contributed by atoms with Gasteiger partial charge in [-0.1, -0.05) is 29.4 Å². The molecule has 1 aromatic heterocycles. The molecule has 0 saturated carbocycles. The summed E-state index contributed by atoms with van der Waals surface area (Å²) in [6.07, 6.45) is 1.69. The Bertz CT molecular complexity index is 596. The minimum Gasteiger partial charge on any atom is -0.323 e. The van der Waals surface area contributed by atoms with Gasteiger partial charge >= 0.3 is 6.03 Å². The molecule has 1 aromatic carbocycles. The van der Waals surface area contributed by atoms with Crippen LogP contribution in [0, 0.1) is 0 Å². The lowest BCUT2D eigenvalue weighted by atomic mass is 10.4. The maximum Gasteiger partial charge on any atom is 0.344 e. The number of hydrogen-bond donors (Lipinski definition) is 0. The molecule has 0 unspecified atom stereocenters. The maximum absolute atomic E-state index is 12.1. The van der Waals surface area contributed by atoms with Crippen LogP contribution in [0.15, 0.2) is 46.5 Å². The van der Waals surface area contributed by atoms with Gasteiger partial charge in [0, 0.05) is 29.2 Å². The van der Waals surface area contributed by atoms with Crippen molar-refractivity contribution in [1.82, 2.24) is 14.7 Å². The smallest absolute Gasteiger partial charge is 0.323 e. The van der Waals surface area contributed by atoms with Crippen LogP contribution in [0.3, 0.4) is 0 Å². The van der Waals surface area contributed by atoms with Crippen molar-refractivity contribution in [2.75, 3.05) is 13.1 Å². The molecule has 0 bridgehead atoms. The van der Waals surface area contributed by atoms with E-state index in [0.29, 0.717) is 18.1 Å². The van der Waals surface area contributed by atoms with Gasteiger partial charge < -0.3 is 4.90 Å². The van der Waals surface area contributed by atoms with Crippen molar-refractivity contribution >= 4 is 29.4 Å². The van der Waals surface area contributed by atoms with Gasteiger partial charge in [-0.2, -0.15) is 9.78 Å². The molecular formula is C14H16ClN3OS. The second kappa shape index (κ2) is 6.81. The first-order chi connectivity index (χ1) is 9.63. The van der Waals surface area contributed by atoms with Crippen molar-refractivity contribution in [2.45, 2.75) is 23.8 Å². The fraction of sp³-hybridized carbons (Fsp3) is 0.286.